The highest BCUT2D eigenvalue weighted by Crippen LogP contribution is 2.16. The fourth-order valence-corrected chi connectivity index (χ4v) is 2.94. The van der Waals surface area contributed by atoms with Crippen LogP contribution in [-0.4, -0.2) is 51.0 Å². The van der Waals surface area contributed by atoms with Crippen LogP contribution in [0.25, 0.3) is 5.69 Å². The fourth-order valence-electron chi connectivity index (χ4n) is 2.94. The number of carbonyl (C=O) groups excluding carboxylic acids is 1. The first-order valence-electron chi connectivity index (χ1n) is 8.71. The highest BCUT2D eigenvalue weighted by atomic mass is 16.5. The van der Waals surface area contributed by atoms with Crippen LogP contribution in [0.2, 0.25) is 0 Å². The molecule has 2 aromatic heterocycles. The van der Waals surface area contributed by atoms with Gasteiger partial charge in [-0.2, -0.15) is 0 Å². The zero-order valence-corrected chi connectivity index (χ0v) is 14.6. The first-order chi connectivity index (χ1) is 13.3. The Morgan fingerprint density at radius 2 is 1.96 bits per heavy atom. The minimum atomic E-state index is -0.283. The van der Waals surface area contributed by atoms with Crippen molar-refractivity contribution in [3.8, 4) is 11.6 Å². The van der Waals surface area contributed by atoms with E-state index in [1.165, 1.54) is 0 Å². The molecule has 0 radical (unpaired) electrons. The molecule has 8 heteroatoms. The molecule has 2 atom stereocenters. The third-order valence-corrected chi connectivity index (χ3v) is 4.38. The van der Waals surface area contributed by atoms with Crippen LogP contribution in [0.1, 0.15) is 16.8 Å². The smallest absolute Gasteiger partial charge is 0.251 e. The second-order valence-electron chi connectivity index (χ2n) is 6.18. The average molecular weight is 365 g/mol. The van der Waals surface area contributed by atoms with Crippen molar-refractivity contribution in [1.29, 1.82) is 0 Å². The van der Waals surface area contributed by atoms with Crippen LogP contribution in [0.4, 0.5) is 0 Å². The number of carbonyl (C=O) groups is 1. The Morgan fingerprint density at radius 1 is 1.15 bits per heavy atom. The first kappa shape index (κ1) is 17.2. The summed E-state index contributed by atoms with van der Waals surface area (Å²) in [5, 5.41) is 10.6. The predicted octanol–water partition coefficient (Wildman–Crippen LogP) is 1.63. The number of ether oxygens (including phenoxy) is 2. The van der Waals surface area contributed by atoms with E-state index in [-0.39, 0.29) is 18.1 Å². The molecule has 1 aliphatic rings. The number of hydrogen-bond acceptors (Lipinski definition) is 6. The largest absolute Gasteiger partial charge is 0.470 e. The standard InChI is InChI=1S/C19H19N5O3/c25-19(14-4-6-15(7-5-14)24-12-21-22-13-24)23-16-8-10-26-11-17(16)27-18-3-1-2-9-20-18/h1-7,9,12-13,16-17H,8,10-11H2,(H,23,25)/t16-,17-/m1/s1. The number of aromatic nitrogens is 4. The second-order valence-corrected chi connectivity index (χ2v) is 6.18. The Hall–Kier alpha value is -3.26. The minimum absolute atomic E-state index is 0.146. The van der Waals surface area contributed by atoms with Gasteiger partial charge < -0.3 is 14.8 Å². The number of nitrogens with zero attached hydrogens (tertiary/aromatic N) is 4. The van der Waals surface area contributed by atoms with Gasteiger partial charge in [-0.25, -0.2) is 4.98 Å². The zero-order valence-electron chi connectivity index (χ0n) is 14.6. The summed E-state index contributed by atoms with van der Waals surface area (Å²) < 4.78 is 13.2. The Morgan fingerprint density at radius 3 is 2.70 bits per heavy atom. The van der Waals surface area contributed by atoms with Crippen molar-refractivity contribution in [2.24, 2.45) is 0 Å². The van der Waals surface area contributed by atoms with E-state index in [1.807, 2.05) is 24.3 Å². The number of pyridine rings is 1. The van der Waals surface area contributed by atoms with E-state index >= 15 is 0 Å². The molecule has 1 saturated heterocycles. The first-order valence-corrected chi connectivity index (χ1v) is 8.71. The molecule has 1 aliphatic heterocycles. The Bertz CT molecular complexity index is 868. The molecular formula is C19H19N5O3. The molecule has 27 heavy (non-hydrogen) atoms. The average Bonchev–Trinajstić information content (AvgIpc) is 3.25. The molecule has 1 amide bonds. The van der Waals surface area contributed by atoms with Gasteiger partial charge in [0.25, 0.3) is 5.91 Å². The third kappa shape index (κ3) is 4.12. The number of benzene rings is 1. The molecule has 0 unspecified atom stereocenters. The van der Waals surface area contributed by atoms with E-state index in [4.69, 9.17) is 9.47 Å². The quantitative estimate of drug-likeness (QED) is 0.739. The van der Waals surface area contributed by atoms with Gasteiger partial charge in [0.05, 0.1) is 12.6 Å². The van der Waals surface area contributed by atoms with E-state index in [9.17, 15) is 4.79 Å². The molecule has 0 saturated carbocycles. The summed E-state index contributed by atoms with van der Waals surface area (Å²) in [5.74, 6) is 0.373. The molecule has 8 nitrogen and oxygen atoms in total. The van der Waals surface area contributed by atoms with Crippen molar-refractivity contribution in [2.75, 3.05) is 13.2 Å². The van der Waals surface area contributed by atoms with Crippen LogP contribution >= 0.6 is 0 Å². The summed E-state index contributed by atoms with van der Waals surface area (Å²) in [5.41, 5.74) is 1.47. The molecule has 0 aliphatic carbocycles. The van der Waals surface area contributed by atoms with Gasteiger partial charge in [-0.3, -0.25) is 9.36 Å². The van der Waals surface area contributed by atoms with Crippen LogP contribution < -0.4 is 10.1 Å². The van der Waals surface area contributed by atoms with Gasteiger partial charge in [0.1, 0.15) is 18.8 Å². The summed E-state index contributed by atoms with van der Waals surface area (Å²) in [4.78, 5) is 16.8. The molecule has 1 fully saturated rings. The lowest BCUT2D eigenvalue weighted by atomic mass is 10.0. The van der Waals surface area contributed by atoms with Gasteiger partial charge in [0.15, 0.2) is 0 Å². The van der Waals surface area contributed by atoms with Crippen molar-refractivity contribution in [2.45, 2.75) is 18.6 Å². The summed E-state index contributed by atoms with van der Waals surface area (Å²) in [6, 6.07) is 12.6. The van der Waals surface area contributed by atoms with Crippen molar-refractivity contribution in [3.05, 3.63) is 66.9 Å². The SMILES string of the molecule is O=C(N[C@@H]1CCOC[C@H]1Oc1ccccn1)c1ccc(-n2cnnc2)cc1. The van der Waals surface area contributed by atoms with Crippen molar-refractivity contribution < 1.29 is 14.3 Å². The maximum absolute atomic E-state index is 12.7. The van der Waals surface area contributed by atoms with Crippen molar-refractivity contribution in [3.63, 3.8) is 0 Å². The number of amides is 1. The lowest BCUT2D eigenvalue weighted by molar-refractivity contribution is -0.0152. The minimum Gasteiger partial charge on any atom is -0.470 e. The normalized spacial score (nSPS) is 19.4. The molecule has 1 N–H and O–H groups in total. The van der Waals surface area contributed by atoms with E-state index in [0.717, 1.165) is 5.69 Å². The summed E-state index contributed by atoms with van der Waals surface area (Å²) >= 11 is 0. The van der Waals surface area contributed by atoms with E-state index in [1.54, 1.807) is 41.6 Å². The van der Waals surface area contributed by atoms with Crippen molar-refractivity contribution in [1.82, 2.24) is 25.1 Å². The van der Waals surface area contributed by atoms with Gasteiger partial charge in [0.2, 0.25) is 5.88 Å². The van der Waals surface area contributed by atoms with Crippen LogP contribution in [0, 0.1) is 0 Å². The number of nitrogens with one attached hydrogen (secondary N) is 1. The van der Waals surface area contributed by atoms with Crippen LogP contribution in [-0.2, 0) is 4.74 Å². The topological polar surface area (TPSA) is 91.2 Å². The number of hydrogen-bond donors (Lipinski definition) is 1. The monoisotopic (exact) mass is 365 g/mol. The molecule has 0 bridgehead atoms. The van der Waals surface area contributed by atoms with Gasteiger partial charge in [-0.15, -0.1) is 10.2 Å². The molecule has 0 spiro atoms. The molecule has 1 aromatic carbocycles. The molecule has 3 heterocycles. The van der Waals surface area contributed by atoms with Crippen LogP contribution in [0.5, 0.6) is 5.88 Å². The Balaban J connectivity index is 1.42. The molecule has 4 rings (SSSR count). The zero-order chi connectivity index (χ0) is 18.5. The predicted molar refractivity (Wildman–Crippen MR) is 96.7 cm³/mol. The summed E-state index contributed by atoms with van der Waals surface area (Å²) in [6.45, 7) is 0.994. The van der Waals surface area contributed by atoms with Crippen LogP contribution in [0.15, 0.2) is 61.3 Å². The number of rotatable bonds is 5. The third-order valence-electron chi connectivity index (χ3n) is 4.38. The fraction of sp³-hybridized carbons (Fsp3) is 0.263. The molecule has 3 aromatic rings. The highest BCUT2D eigenvalue weighted by Gasteiger charge is 2.29. The molecular weight excluding hydrogens is 346 g/mol. The lowest BCUT2D eigenvalue weighted by Crippen LogP contribution is -2.51. The summed E-state index contributed by atoms with van der Waals surface area (Å²) in [7, 11) is 0. The van der Waals surface area contributed by atoms with Gasteiger partial charge in [-0.05, 0) is 36.8 Å². The van der Waals surface area contributed by atoms with Gasteiger partial charge in [-0.1, -0.05) is 6.07 Å². The maximum atomic E-state index is 12.7. The summed E-state index contributed by atoms with van der Waals surface area (Å²) in [6.07, 6.45) is 5.29. The Kier molecular flexibility index (Phi) is 5.06. The van der Waals surface area contributed by atoms with E-state index in [2.05, 4.69) is 20.5 Å². The van der Waals surface area contributed by atoms with Crippen molar-refractivity contribution >= 4 is 5.91 Å². The van der Waals surface area contributed by atoms with Crippen LogP contribution in [0.3, 0.4) is 0 Å². The Labute approximate surface area is 156 Å². The maximum Gasteiger partial charge on any atom is 0.251 e. The van der Waals surface area contributed by atoms with E-state index < -0.39 is 0 Å². The van der Waals surface area contributed by atoms with Gasteiger partial charge >= 0.3 is 0 Å². The second kappa shape index (κ2) is 7.96. The molecule has 138 valence electrons. The highest BCUT2D eigenvalue weighted by molar-refractivity contribution is 5.94. The van der Waals surface area contributed by atoms with Gasteiger partial charge in [0, 0.05) is 30.1 Å². The van der Waals surface area contributed by atoms with E-state index in [0.29, 0.717) is 31.1 Å². The lowest BCUT2D eigenvalue weighted by Gasteiger charge is -2.32.